The second kappa shape index (κ2) is 0.889. The van der Waals surface area contributed by atoms with Crippen molar-refractivity contribution in [2.24, 2.45) is 0 Å². The summed E-state index contributed by atoms with van der Waals surface area (Å²) in [6, 6.07) is 0. The van der Waals surface area contributed by atoms with Crippen LogP contribution in [0.25, 0.3) is 0 Å². The van der Waals surface area contributed by atoms with Gasteiger partial charge in [0.15, 0.2) is 0 Å². The van der Waals surface area contributed by atoms with Gasteiger partial charge in [0.25, 0.3) is 0 Å². The van der Waals surface area contributed by atoms with Gasteiger partial charge in [0.05, 0.1) is 5.38 Å². The van der Waals surface area contributed by atoms with E-state index in [4.69, 9.17) is 23.2 Å². The number of hydrogen-bond acceptors (Lipinski definition) is 0. The first-order valence-electron chi connectivity index (χ1n) is 1.32. The van der Waals surface area contributed by atoms with E-state index in [1.807, 2.05) is 0 Å². The Labute approximate surface area is 40.4 Å². The molecule has 2 heteroatoms. The molecule has 0 radical (unpaired) electrons. The van der Waals surface area contributed by atoms with Crippen molar-refractivity contribution in [1.29, 1.82) is 0 Å². The third-order valence-electron chi connectivity index (χ3n) is 0.460. The van der Waals surface area contributed by atoms with Crippen LogP contribution in [0.1, 0.15) is 0 Å². The van der Waals surface area contributed by atoms with Crippen LogP contribution in [0.15, 0.2) is 11.1 Å². The van der Waals surface area contributed by atoms with E-state index in [0.29, 0.717) is 0 Å². The highest BCUT2D eigenvalue weighted by Crippen LogP contribution is 2.29. The van der Waals surface area contributed by atoms with Gasteiger partial charge in [-0.15, -0.1) is 11.6 Å². The van der Waals surface area contributed by atoms with E-state index >= 15 is 0 Å². The molecule has 0 saturated heterocycles. The predicted octanol–water partition coefficient (Wildman–Crippen LogP) is 1.73. The maximum absolute atomic E-state index is 5.31. The molecule has 0 aromatic rings. The molecule has 0 bridgehead atoms. The molecule has 0 spiro atoms. The van der Waals surface area contributed by atoms with Gasteiger partial charge in [0.2, 0.25) is 0 Å². The lowest BCUT2D eigenvalue weighted by Gasteiger charge is -1.63. The highest BCUT2D eigenvalue weighted by atomic mass is 35.5. The second-order valence-corrected chi connectivity index (χ2v) is 1.86. The van der Waals surface area contributed by atoms with Gasteiger partial charge < -0.3 is 0 Å². The van der Waals surface area contributed by atoms with E-state index in [-0.39, 0.29) is 5.38 Å². The van der Waals surface area contributed by atoms with Gasteiger partial charge in [-0.1, -0.05) is 11.6 Å². The van der Waals surface area contributed by atoms with Crippen molar-refractivity contribution < 1.29 is 0 Å². The van der Waals surface area contributed by atoms with Gasteiger partial charge in [0, 0.05) is 5.03 Å². The number of allylic oxidation sites excluding steroid dienone is 2. The van der Waals surface area contributed by atoms with Gasteiger partial charge >= 0.3 is 0 Å². The van der Waals surface area contributed by atoms with Gasteiger partial charge in [0.1, 0.15) is 0 Å². The normalized spacial score (nSPS) is 33.2. The molecule has 0 aliphatic heterocycles. The van der Waals surface area contributed by atoms with E-state index in [0.717, 1.165) is 5.03 Å². The fourth-order valence-electron chi connectivity index (χ4n) is 0.0917. The third kappa shape index (κ3) is 0.582. The van der Waals surface area contributed by atoms with Crippen LogP contribution < -0.4 is 0 Å². The van der Waals surface area contributed by atoms with Crippen molar-refractivity contribution in [3.05, 3.63) is 11.1 Å². The first-order chi connectivity index (χ1) is 2.30. The van der Waals surface area contributed by atoms with Crippen LogP contribution in [-0.2, 0) is 0 Å². The summed E-state index contributed by atoms with van der Waals surface area (Å²) in [7, 11) is 0. The Morgan fingerprint density at radius 2 is 2.00 bits per heavy atom. The number of halogens is 2. The molecular formula is C3H2Cl2. The summed E-state index contributed by atoms with van der Waals surface area (Å²) < 4.78 is 0. The molecule has 0 heterocycles. The van der Waals surface area contributed by atoms with E-state index in [2.05, 4.69) is 0 Å². The molecule has 0 aromatic heterocycles. The Kier molecular flexibility index (Phi) is 0.623. The number of rotatable bonds is 0. The lowest BCUT2D eigenvalue weighted by atomic mass is 10.9. The van der Waals surface area contributed by atoms with Gasteiger partial charge in [-0.25, -0.2) is 0 Å². The lowest BCUT2D eigenvalue weighted by Crippen LogP contribution is -1.57. The fourth-order valence-corrected chi connectivity index (χ4v) is 0.418. The highest BCUT2D eigenvalue weighted by molar-refractivity contribution is 6.42. The van der Waals surface area contributed by atoms with Crippen molar-refractivity contribution >= 4 is 23.2 Å². The van der Waals surface area contributed by atoms with Crippen LogP contribution in [0.2, 0.25) is 0 Å². The summed E-state index contributed by atoms with van der Waals surface area (Å²) in [6.07, 6.45) is 1.78. The van der Waals surface area contributed by atoms with Crippen LogP contribution in [0.5, 0.6) is 0 Å². The smallest absolute Gasteiger partial charge is 0.0884 e. The van der Waals surface area contributed by atoms with E-state index in [1.165, 1.54) is 0 Å². The average molecular weight is 109 g/mol. The van der Waals surface area contributed by atoms with Crippen LogP contribution in [0, 0.1) is 0 Å². The molecule has 1 unspecified atom stereocenters. The van der Waals surface area contributed by atoms with Crippen LogP contribution in [-0.4, -0.2) is 5.38 Å². The zero-order valence-corrected chi connectivity index (χ0v) is 3.92. The zero-order valence-electron chi connectivity index (χ0n) is 2.41. The summed E-state index contributed by atoms with van der Waals surface area (Å²) in [5, 5.41) is 0.864. The lowest BCUT2D eigenvalue weighted by molar-refractivity contribution is 1.67. The molecule has 1 atom stereocenters. The first-order valence-corrected chi connectivity index (χ1v) is 2.13. The molecule has 5 heavy (non-hydrogen) atoms. The Hall–Kier alpha value is 0.320. The highest BCUT2D eigenvalue weighted by Gasteiger charge is 2.17. The summed E-state index contributed by atoms with van der Waals surface area (Å²) in [4.78, 5) is 0. The van der Waals surface area contributed by atoms with Gasteiger partial charge in [-0.05, 0) is 6.08 Å². The molecule has 1 rings (SSSR count). The molecular weight excluding hydrogens is 107 g/mol. The van der Waals surface area contributed by atoms with Crippen LogP contribution in [0.3, 0.4) is 0 Å². The Balaban J connectivity index is 2.38. The van der Waals surface area contributed by atoms with Gasteiger partial charge in [-0.2, -0.15) is 0 Å². The van der Waals surface area contributed by atoms with Crippen LogP contribution in [0.4, 0.5) is 0 Å². The van der Waals surface area contributed by atoms with E-state index < -0.39 is 0 Å². The van der Waals surface area contributed by atoms with Crippen molar-refractivity contribution in [2.75, 3.05) is 0 Å². The molecule has 1 aliphatic carbocycles. The molecule has 0 amide bonds. The standard InChI is InChI=1S/C3H2Cl2/c4-2-1-3(2)5/h1-2H. The minimum absolute atomic E-state index is 0.0802. The maximum atomic E-state index is 5.31. The number of alkyl halides is 1. The SMILES string of the molecule is ClC1=CC1Cl. The Bertz CT molecular complexity index is 75.0. The summed E-state index contributed by atoms with van der Waals surface area (Å²) >= 11 is 10.6. The predicted molar refractivity (Wildman–Crippen MR) is 23.6 cm³/mol. The molecule has 0 nitrogen and oxygen atoms in total. The van der Waals surface area contributed by atoms with E-state index in [9.17, 15) is 0 Å². The quantitative estimate of drug-likeness (QED) is 0.415. The van der Waals surface area contributed by atoms with Crippen molar-refractivity contribution in [3.63, 3.8) is 0 Å². The zero-order chi connectivity index (χ0) is 3.86. The van der Waals surface area contributed by atoms with Crippen molar-refractivity contribution in [2.45, 2.75) is 5.38 Å². The largest absolute Gasteiger partial charge is 0.112 e. The van der Waals surface area contributed by atoms with E-state index in [1.54, 1.807) is 6.08 Å². The molecule has 0 saturated carbocycles. The second-order valence-electron chi connectivity index (χ2n) is 0.953. The maximum Gasteiger partial charge on any atom is 0.0884 e. The topological polar surface area (TPSA) is 0 Å². The van der Waals surface area contributed by atoms with Gasteiger partial charge in [-0.3, -0.25) is 0 Å². The monoisotopic (exact) mass is 108 g/mol. The Morgan fingerprint density at radius 3 is 2.00 bits per heavy atom. The Morgan fingerprint density at radius 1 is 1.80 bits per heavy atom. The molecule has 0 N–H and O–H groups in total. The van der Waals surface area contributed by atoms with Crippen molar-refractivity contribution in [1.82, 2.24) is 0 Å². The minimum atomic E-state index is 0.0802. The molecule has 1 aliphatic rings. The molecule has 28 valence electrons. The average Bonchev–Trinajstić information content (AvgIpc) is 1.79. The number of hydrogen-bond donors (Lipinski definition) is 0. The first kappa shape index (κ1) is 3.51. The molecule has 0 aromatic carbocycles. The minimum Gasteiger partial charge on any atom is -0.112 e. The summed E-state index contributed by atoms with van der Waals surface area (Å²) in [5.41, 5.74) is 0. The fraction of sp³-hybridized carbons (Fsp3) is 0.333. The third-order valence-corrected chi connectivity index (χ3v) is 1.29. The summed E-state index contributed by atoms with van der Waals surface area (Å²) in [6.45, 7) is 0. The van der Waals surface area contributed by atoms with Crippen LogP contribution >= 0.6 is 23.2 Å². The molecule has 0 fully saturated rings. The van der Waals surface area contributed by atoms with Crippen molar-refractivity contribution in [3.8, 4) is 0 Å². The summed E-state index contributed by atoms with van der Waals surface area (Å²) in [5.74, 6) is 0.